The van der Waals surface area contributed by atoms with Crippen LogP contribution in [0.4, 0.5) is 0 Å². The maximum atomic E-state index is 10.9. The smallest absolute Gasteiger partial charge is 0.208 e. The molecule has 132 valence electrons. The van der Waals surface area contributed by atoms with E-state index >= 15 is 0 Å². The fourth-order valence-corrected chi connectivity index (χ4v) is 2.55. The van der Waals surface area contributed by atoms with E-state index in [1.54, 1.807) is 0 Å². The summed E-state index contributed by atoms with van der Waals surface area (Å²) < 4.78 is 24.3. The number of rotatable bonds is 12. The zero-order chi connectivity index (χ0) is 16.8. The summed E-state index contributed by atoms with van der Waals surface area (Å²) in [5.41, 5.74) is 0. The van der Waals surface area contributed by atoms with Crippen LogP contribution in [0.3, 0.4) is 0 Å². The molecule has 0 heterocycles. The second-order valence-electron chi connectivity index (χ2n) is 5.33. The van der Waals surface area contributed by atoms with Gasteiger partial charge in [0.15, 0.2) is 5.96 Å². The molecule has 0 aliphatic heterocycles. The van der Waals surface area contributed by atoms with Gasteiger partial charge in [-0.1, -0.05) is 13.3 Å². The molecular weight excluding hydrogens is 304 g/mol. The quantitative estimate of drug-likeness (QED) is 0.233. The molecule has 0 aliphatic carbocycles. The minimum Gasteiger partial charge on any atom is -0.396 e. The summed E-state index contributed by atoms with van der Waals surface area (Å²) in [5.74, 6) is 1.14. The lowest BCUT2D eigenvalue weighted by atomic mass is 10.0. The zero-order valence-electron chi connectivity index (χ0n) is 14.1. The summed E-state index contributed by atoms with van der Waals surface area (Å²) in [7, 11) is -3.12. The molecule has 0 saturated heterocycles. The molecule has 8 heteroatoms. The Kier molecular flexibility index (Phi) is 12.2. The first-order valence-corrected chi connectivity index (χ1v) is 9.89. The van der Waals surface area contributed by atoms with Crippen LogP contribution in [0.5, 0.6) is 0 Å². The van der Waals surface area contributed by atoms with Crippen LogP contribution in [0.25, 0.3) is 0 Å². The van der Waals surface area contributed by atoms with Crippen molar-refractivity contribution in [2.45, 2.75) is 39.5 Å². The van der Waals surface area contributed by atoms with Crippen molar-refractivity contribution < 1.29 is 13.5 Å². The van der Waals surface area contributed by atoms with Crippen molar-refractivity contribution in [3.05, 3.63) is 0 Å². The molecule has 1 unspecified atom stereocenters. The van der Waals surface area contributed by atoms with E-state index in [-0.39, 0.29) is 6.61 Å². The third-order valence-electron chi connectivity index (χ3n) is 3.10. The maximum absolute atomic E-state index is 10.9. The number of aliphatic hydroxyl groups is 1. The number of nitrogens with one attached hydrogen (secondary N) is 3. The van der Waals surface area contributed by atoms with Gasteiger partial charge in [-0.2, -0.15) is 0 Å². The Morgan fingerprint density at radius 2 is 1.91 bits per heavy atom. The number of nitrogens with zero attached hydrogens (tertiary/aromatic N) is 1. The first-order valence-electron chi connectivity index (χ1n) is 8.00. The highest BCUT2D eigenvalue weighted by Crippen LogP contribution is 2.10. The summed E-state index contributed by atoms with van der Waals surface area (Å²) >= 11 is 0. The average molecular weight is 337 g/mol. The van der Waals surface area contributed by atoms with Crippen molar-refractivity contribution in [3.8, 4) is 0 Å². The van der Waals surface area contributed by atoms with E-state index in [9.17, 15) is 8.42 Å². The van der Waals surface area contributed by atoms with E-state index in [0.717, 1.165) is 38.0 Å². The van der Waals surface area contributed by atoms with Gasteiger partial charge in [-0.05, 0) is 32.1 Å². The molecular formula is C14H32N4O3S. The summed E-state index contributed by atoms with van der Waals surface area (Å²) in [6, 6.07) is 0. The molecule has 0 aliphatic rings. The van der Waals surface area contributed by atoms with Crippen LogP contribution < -0.4 is 15.4 Å². The SMILES string of the molecule is CCCC(CCO)CN=C(NCC)NCCCNS(C)(=O)=O. The topological polar surface area (TPSA) is 103 Å². The molecule has 0 spiro atoms. The Morgan fingerprint density at radius 3 is 2.45 bits per heavy atom. The van der Waals surface area contributed by atoms with Crippen molar-refractivity contribution in [1.29, 1.82) is 0 Å². The molecule has 0 saturated carbocycles. The Labute approximate surface area is 135 Å². The second kappa shape index (κ2) is 12.7. The summed E-state index contributed by atoms with van der Waals surface area (Å²) in [4.78, 5) is 4.54. The number of sulfonamides is 1. The van der Waals surface area contributed by atoms with Crippen molar-refractivity contribution in [3.63, 3.8) is 0 Å². The standard InChI is InChI=1S/C14H32N4O3S/c1-4-7-13(8-11-19)12-17-14(15-5-2)16-9-6-10-18-22(3,20)21/h13,18-19H,4-12H2,1-3H3,(H2,15,16,17). The predicted molar refractivity (Wildman–Crippen MR) is 91.5 cm³/mol. The third-order valence-corrected chi connectivity index (χ3v) is 3.82. The number of hydrogen-bond acceptors (Lipinski definition) is 4. The molecule has 0 aromatic rings. The fourth-order valence-electron chi connectivity index (χ4n) is 2.03. The molecule has 0 aromatic heterocycles. The molecule has 0 rings (SSSR count). The summed E-state index contributed by atoms with van der Waals surface area (Å²) in [6.07, 6.45) is 4.76. The molecule has 0 bridgehead atoms. The third kappa shape index (κ3) is 12.8. The monoisotopic (exact) mass is 336 g/mol. The van der Waals surface area contributed by atoms with Crippen LogP contribution >= 0.6 is 0 Å². The Morgan fingerprint density at radius 1 is 1.18 bits per heavy atom. The maximum Gasteiger partial charge on any atom is 0.208 e. The highest BCUT2D eigenvalue weighted by atomic mass is 32.2. The lowest BCUT2D eigenvalue weighted by molar-refractivity contribution is 0.253. The van der Waals surface area contributed by atoms with E-state index in [1.165, 1.54) is 0 Å². The fraction of sp³-hybridized carbons (Fsp3) is 0.929. The summed E-state index contributed by atoms with van der Waals surface area (Å²) in [6.45, 7) is 6.84. The molecule has 4 N–H and O–H groups in total. The van der Waals surface area contributed by atoms with Gasteiger partial charge >= 0.3 is 0 Å². The molecule has 22 heavy (non-hydrogen) atoms. The molecule has 7 nitrogen and oxygen atoms in total. The van der Waals surface area contributed by atoms with Crippen LogP contribution in [0.15, 0.2) is 4.99 Å². The number of hydrogen-bond donors (Lipinski definition) is 4. The van der Waals surface area contributed by atoms with E-state index in [2.05, 4.69) is 27.3 Å². The van der Waals surface area contributed by atoms with Gasteiger partial charge in [0.1, 0.15) is 0 Å². The Hall–Kier alpha value is -0.860. The van der Waals surface area contributed by atoms with Crippen molar-refractivity contribution >= 4 is 16.0 Å². The van der Waals surface area contributed by atoms with E-state index in [4.69, 9.17) is 5.11 Å². The second-order valence-corrected chi connectivity index (χ2v) is 7.17. The van der Waals surface area contributed by atoms with E-state index < -0.39 is 10.0 Å². The van der Waals surface area contributed by atoms with Gasteiger partial charge in [0.05, 0.1) is 6.26 Å². The number of guanidine groups is 1. The highest BCUT2D eigenvalue weighted by Gasteiger charge is 2.07. The first kappa shape index (κ1) is 21.1. The average Bonchev–Trinajstić information content (AvgIpc) is 2.43. The Bertz CT molecular complexity index is 393. The molecule has 0 aromatic carbocycles. The largest absolute Gasteiger partial charge is 0.396 e. The Balaban J connectivity index is 4.18. The molecule has 0 radical (unpaired) electrons. The highest BCUT2D eigenvalue weighted by molar-refractivity contribution is 7.88. The first-order chi connectivity index (χ1) is 10.4. The van der Waals surface area contributed by atoms with Gasteiger partial charge in [0, 0.05) is 32.8 Å². The van der Waals surface area contributed by atoms with E-state index in [0.29, 0.717) is 32.0 Å². The molecule has 0 fully saturated rings. The number of aliphatic hydroxyl groups excluding tert-OH is 1. The summed E-state index contributed by atoms with van der Waals surface area (Å²) in [5, 5.41) is 15.4. The van der Waals surface area contributed by atoms with Gasteiger partial charge in [-0.15, -0.1) is 0 Å². The van der Waals surface area contributed by atoms with Crippen LogP contribution in [0, 0.1) is 5.92 Å². The van der Waals surface area contributed by atoms with Gasteiger partial charge in [-0.3, -0.25) is 4.99 Å². The lowest BCUT2D eigenvalue weighted by Crippen LogP contribution is -2.39. The molecule has 0 amide bonds. The van der Waals surface area contributed by atoms with Crippen molar-refractivity contribution in [2.24, 2.45) is 10.9 Å². The van der Waals surface area contributed by atoms with Gasteiger partial charge in [0.25, 0.3) is 0 Å². The van der Waals surface area contributed by atoms with Crippen LogP contribution in [0.2, 0.25) is 0 Å². The van der Waals surface area contributed by atoms with Crippen molar-refractivity contribution in [2.75, 3.05) is 39.0 Å². The van der Waals surface area contributed by atoms with Gasteiger partial charge in [0.2, 0.25) is 10.0 Å². The number of aliphatic imine (C=N–C) groups is 1. The normalized spacial score (nSPS) is 13.9. The predicted octanol–water partition coefficient (Wildman–Crippen LogP) is 0.280. The van der Waals surface area contributed by atoms with Crippen LogP contribution in [0.1, 0.15) is 39.5 Å². The van der Waals surface area contributed by atoms with E-state index in [1.807, 2.05) is 6.92 Å². The zero-order valence-corrected chi connectivity index (χ0v) is 14.9. The van der Waals surface area contributed by atoms with Gasteiger partial charge in [-0.25, -0.2) is 13.1 Å². The van der Waals surface area contributed by atoms with Crippen molar-refractivity contribution in [1.82, 2.24) is 15.4 Å². The lowest BCUT2D eigenvalue weighted by Gasteiger charge is -2.15. The van der Waals surface area contributed by atoms with Gasteiger partial charge < -0.3 is 15.7 Å². The minimum absolute atomic E-state index is 0.196. The van der Waals surface area contributed by atoms with Crippen LogP contribution in [-0.4, -0.2) is 58.5 Å². The van der Waals surface area contributed by atoms with Crippen LogP contribution in [-0.2, 0) is 10.0 Å². The minimum atomic E-state index is -3.12. The molecule has 1 atom stereocenters.